The Bertz CT molecular complexity index is 1420. The van der Waals surface area contributed by atoms with Crippen LogP contribution in [-0.4, -0.2) is 78.8 Å². The standard InChI is InChI=1S/C35H49N5O4/c1-34(2,3)32(41)37-31-27(25-38(7)33(42)44-35(4,5)6)17-18-30(36-31)43-24-11-10-19-39-20-22-40(23-21-39)29-16-12-14-26-13-8-9-15-28(26)29/h8-9,12-18H,10-11,19-25H2,1-7H3,(H,36,37,41). The molecular weight excluding hydrogens is 554 g/mol. The maximum Gasteiger partial charge on any atom is 0.410 e. The van der Waals surface area contributed by atoms with Gasteiger partial charge in [-0.2, -0.15) is 4.98 Å². The summed E-state index contributed by atoms with van der Waals surface area (Å²) >= 11 is 0. The van der Waals surface area contributed by atoms with Crippen LogP contribution in [0.25, 0.3) is 10.8 Å². The molecule has 0 spiro atoms. The number of ether oxygens (including phenoxy) is 2. The largest absolute Gasteiger partial charge is 0.478 e. The Hall–Kier alpha value is -3.85. The third-order valence-electron chi connectivity index (χ3n) is 7.58. The summed E-state index contributed by atoms with van der Waals surface area (Å²) in [7, 11) is 1.66. The number of carbonyl (C=O) groups excluding carboxylic acids is 2. The average molecular weight is 604 g/mol. The predicted molar refractivity (Wildman–Crippen MR) is 177 cm³/mol. The van der Waals surface area contributed by atoms with Crippen LogP contribution < -0.4 is 15.0 Å². The summed E-state index contributed by atoms with van der Waals surface area (Å²) < 4.78 is 11.5. The van der Waals surface area contributed by atoms with Crippen molar-refractivity contribution in [3.63, 3.8) is 0 Å². The van der Waals surface area contributed by atoms with Crippen molar-refractivity contribution in [1.29, 1.82) is 0 Å². The van der Waals surface area contributed by atoms with Crippen molar-refractivity contribution < 1.29 is 19.1 Å². The topological polar surface area (TPSA) is 87.2 Å². The SMILES string of the molecule is CN(Cc1ccc(OCCCCN2CCN(c3cccc4ccccc34)CC2)nc1NC(=O)C(C)(C)C)C(=O)OC(C)(C)C. The molecule has 1 aliphatic rings. The fraction of sp³-hybridized carbons (Fsp3) is 0.514. The number of rotatable bonds is 10. The first-order valence-electron chi connectivity index (χ1n) is 15.6. The molecule has 2 amide bonds. The van der Waals surface area contributed by atoms with Gasteiger partial charge in [0.25, 0.3) is 0 Å². The zero-order valence-electron chi connectivity index (χ0n) is 27.5. The third kappa shape index (κ3) is 9.32. The van der Waals surface area contributed by atoms with Gasteiger partial charge in [-0.05, 0) is 57.7 Å². The van der Waals surface area contributed by atoms with E-state index in [1.165, 1.54) is 21.4 Å². The minimum Gasteiger partial charge on any atom is -0.478 e. The number of aromatic nitrogens is 1. The quantitative estimate of drug-likeness (QED) is 0.262. The van der Waals surface area contributed by atoms with Crippen molar-refractivity contribution in [2.75, 3.05) is 56.6 Å². The summed E-state index contributed by atoms with van der Waals surface area (Å²) in [6, 6.07) is 18.8. The highest BCUT2D eigenvalue weighted by atomic mass is 16.6. The zero-order chi connectivity index (χ0) is 31.9. The summed E-state index contributed by atoms with van der Waals surface area (Å²) in [6.07, 6.45) is 1.49. The number of benzene rings is 2. The summed E-state index contributed by atoms with van der Waals surface area (Å²) in [4.78, 5) is 36.4. The highest BCUT2D eigenvalue weighted by Crippen LogP contribution is 2.28. The molecule has 0 saturated carbocycles. The van der Waals surface area contributed by atoms with E-state index in [-0.39, 0.29) is 12.5 Å². The van der Waals surface area contributed by atoms with Crippen LogP contribution in [-0.2, 0) is 16.1 Å². The molecule has 0 unspecified atom stereocenters. The Kier molecular flexibility index (Phi) is 10.7. The van der Waals surface area contributed by atoms with Gasteiger partial charge in [0.2, 0.25) is 11.8 Å². The normalized spacial score (nSPS) is 14.4. The third-order valence-corrected chi connectivity index (χ3v) is 7.58. The number of pyridine rings is 1. The van der Waals surface area contributed by atoms with E-state index in [1.807, 2.05) is 47.6 Å². The lowest BCUT2D eigenvalue weighted by Crippen LogP contribution is -2.46. The maximum absolute atomic E-state index is 12.8. The second-order valence-corrected chi connectivity index (χ2v) is 13.6. The average Bonchev–Trinajstić information content (AvgIpc) is 2.97. The first-order chi connectivity index (χ1) is 20.8. The predicted octanol–water partition coefficient (Wildman–Crippen LogP) is 6.57. The summed E-state index contributed by atoms with van der Waals surface area (Å²) in [5, 5.41) is 5.54. The first kappa shape index (κ1) is 33.1. The van der Waals surface area contributed by atoms with E-state index < -0.39 is 17.1 Å². The Balaban J connectivity index is 1.27. The minimum absolute atomic E-state index is 0.163. The van der Waals surface area contributed by atoms with Crippen molar-refractivity contribution in [3.8, 4) is 5.88 Å². The highest BCUT2D eigenvalue weighted by molar-refractivity contribution is 5.95. The molecule has 1 aliphatic heterocycles. The molecule has 1 aromatic heterocycles. The van der Waals surface area contributed by atoms with Crippen LogP contribution >= 0.6 is 0 Å². The number of piperazine rings is 1. The van der Waals surface area contributed by atoms with Crippen LogP contribution in [0.1, 0.15) is 59.9 Å². The van der Waals surface area contributed by atoms with Gasteiger partial charge >= 0.3 is 6.09 Å². The van der Waals surface area contributed by atoms with Crippen LogP contribution in [0.3, 0.4) is 0 Å². The Labute approximate surface area is 262 Å². The molecule has 3 aromatic rings. The van der Waals surface area contributed by atoms with E-state index >= 15 is 0 Å². The van der Waals surface area contributed by atoms with Crippen LogP contribution in [0, 0.1) is 5.41 Å². The lowest BCUT2D eigenvalue weighted by atomic mass is 9.95. The van der Waals surface area contributed by atoms with E-state index in [9.17, 15) is 9.59 Å². The van der Waals surface area contributed by atoms with Gasteiger partial charge in [-0.3, -0.25) is 9.69 Å². The lowest BCUT2D eigenvalue weighted by molar-refractivity contribution is -0.123. The number of carbonyl (C=O) groups is 2. The molecule has 0 radical (unpaired) electrons. The molecule has 2 aromatic carbocycles. The van der Waals surface area contributed by atoms with Gasteiger partial charge in [0.1, 0.15) is 11.4 Å². The van der Waals surface area contributed by atoms with Crippen molar-refractivity contribution in [2.45, 2.75) is 66.5 Å². The Morgan fingerprint density at radius 2 is 1.61 bits per heavy atom. The molecule has 4 rings (SSSR count). The second kappa shape index (κ2) is 14.3. The molecule has 44 heavy (non-hydrogen) atoms. The maximum atomic E-state index is 12.8. The number of amides is 2. The van der Waals surface area contributed by atoms with E-state index in [0.717, 1.165) is 45.6 Å². The van der Waals surface area contributed by atoms with E-state index in [2.05, 4.69) is 62.6 Å². The lowest BCUT2D eigenvalue weighted by Gasteiger charge is -2.36. The van der Waals surface area contributed by atoms with E-state index in [1.54, 1.807) is 13.1 Å². The summed E-state index contributed by atoms with van der Waals surface area (Å²) in [5.74, 6) is 0.673. The second-order valence-electron chi connectivity index (χ2n) is 13.6. The smallest absolute Gasteiger partial charge is 0.410 e. The van der Waals surface area contributed by atoms with Gasteiger partial charge in [-0.15, -0.1) is 0 Å². The molecule has 0 atom stereocenters. The van der Waals surface area contributed by atoms with Gasteiger partial charge in [0, 0.05) is 61.3 Å². The van der Waals surface area contributed by atoms with E-state index in [0.29, 0.717) is 23.9 Å². The molecule has 0 bridgehead atoms. The Morgan fingerprint density at radius 3 is 2.32 bits per heavy atom. The molecule has 1 saturated heterocycles. The van der Waals surface area contributed by atoms with Gasteiger partial charge in [-0.25, -0.2) is 4.79 Å². The van der Waals surface area contributed by atoms with Gasteiger partial charge in [0.15, 0.2) is 0 Å². The first-order valence-corrected chi connectivity index (χ1v) is 15.6. The van der Waals surface area contributed by atoms with Crippen molar-refractivity contribution in [2.24, 2.45) is 5.41 Å². The van der Waals surface area contributed by atoms with Crippen LogP contribution in [0.2, 0.25) is 0 Å². The number of hydrogen-bond acceptors (Lipinski definition) is 7. The van der Waals surface area contributed by atoms with Gasteiger partial charge in [-0.1, -0.05) is 57.2 Å². The Morgan fingerprint density at radius 1 is 0.909 bits per heavy atom. The van der Waals surface area contributed by atoms with Crippen LogP contribution in [0.15, 0.2) is 54.6 Å². The number of fused-ring (bicyclic) bond motifs is 1. The van der Waals surface area contributed by atoms with Crippen LogP contribution in [0.4, 0.5) is 16.3 Å². The molecule has 9 heteroatoms. The number of unbranched alkanes of at least 4 members (excludes halogenated alkanes) is 1. The molecular formula is C35H49N5O4. The molecule has 9 nitrogen and oxygen atoms in total. The van der Waals surface area contributed by atoms with Crippen molar-refractivity contribution >= 4 is 34.3 Å². The van der Waals surface area contributed by atoms with Gasteiger partial charge in [0.05, 0.1) is 13.2 Å². The fourth-order valence-corrected chi connectivity index (χ4v) is 5.05. The molecule has 1 N–H and O–H groups in total. The van der Waals surface area contributed by atoms with Crippen molar-refractivity contribution in [1.82, 2.24) is 14.8 Å². The fourth-order valence-electron chi connectivity index (χ4n) is 5.05. The van der Waals surface area contributed by atoms with E-state index in [4.69, 9.17) is 9.47 Å². The summed E-state index contributed by atoms with van der Waals surface area (Å²) in [6.45, 7) is 16.9. The number of hydrogen-bond donors (Lipinski definition) is 1. The summed E-state index contributed by atoms with van der Waals surface area (Å²) in [5.41, 5.74) is 0.819. The van der Waals surface area contributed by atoms with Gasteiger partial charge < -0.3 is 24.6 Å². The highest BCUT2D eigenvalue weighted by Gasteiger charge is 2.25. The molecule has 0 aliphatic carbocycles. The molecule has 238 valence electrons. The van der Waals surface area contributed by atoms with Crippen molar-refractivity contribution in [3.05, 3.63) is 60.2 Å². The molecule has 1 fully saturated rings. The number of anilines is 2. The minimum atomic E-state index is -0.604. The monoisotopic (exact) mass is 603 g/mol. The number of nitrogens with one attached hydrogen (secondary N) is 1. The number of nitrogens with zero attached hydrogens (tertiary/aromatic N) is 4. The zero-order valence-corrected chi connectivity index (χ0v) is 27.5. The molecule has 2 heterocycles. The van der Waals surface area contributed by atoms with Crippen LogP contribution in [0.5, 0.6) is 5.88 Å².